The molecule has 0 saturated heterocycles. The van der Waals surface area contributed by atoms with E-state index in [-0.39, 0.29) is 18.0 Å². The zero-order chi connectivity index (χ0) is 21.1. The largest absolute Gasteiger partial charge is 0.497 e. The molecule has 1 aliphatic rings. The molecular weight excluding hydrogens is 400 g/mol. The van der Waals surface area contributed by atoms with Crippen LogP contribution in [0.5, 0.6) is 5.75 Å². The fourth-order valence-electron chi connectivity index (χ4n) is 4.00. The van der Waals surface area contributed by atoms with Crippen LogP contribution in [0.1, 0.15) is 55.8 Å². The Morgan fingerprint density at radius 3 is 2.43 bits per heavy atom. The van der Waals surface area contributed by atoms with E-state index in [0.29, 0.717) is 23.8 Å². The van der Waals surface area contributed by atoms with Crippen molar-refractivity contribution in [1.29, 1.82) is 0 Å². The van der Waals surface area contributed by atoms with Gasteiger partial charge in [0.15, 0.2) is 0 Å². The van der Waals surface area contributed by atoms with Crippen molar-refractivity contribution in [2.24, 2.45) is 0 Å². The highest BCUT2D eigenvalue weighted by Gasteiger charge is 2.39. The lowest BCUT2D eigenvalue weighted by atomic mass is 9.91. The molecule has 4 rings (SSSR count). The van der Waals surface area contributed by atoms with E-state index in [0.717, 1.165) is 29.7 Å². The summed E-state index contributed by atoms with van der Waals surface area (Å²) in [5.41, 5.74) is 2.14. The molecule has 0 bridgehead atoms. The second kappa shape index (κ2) is 8.88. The summed E-state index contributed by atoms with van der Waals surface area (Å²) in [6.45, 7) is 2.09. The van der Waals surface area contributed by atoms with Crippen molar-refractivity contribution < 1.29 is 9.53 Å². The summed E-state index contributed by atoms with van der Waals surface area (Å²) in [4.78, 5) is 19.5. The molecule has 1 aliphatic heterocycles. The van der Waals surface area contributed by atoms with Crippen LogP contribution in [0.15, 0.2) is 54.9 Å². The normalized spacial score (nSPS) is 18.2. The van der Waals surface area contributed by atoms with E-state index in [1.807, 2.05) is 58.1 Å². The summed E-state index contributed by atoms with van der Waals surface area (Å²) in [5, 5.41) is 5.15. The Balaban J connectivity index is 1.77. The van der Waals surface area contributed by atoms with Gasteiger partial charge >= 0.3 is 0 Å². The van der Waals surface area contributed by atoms with E-state index in [9.17, 15) is 4.79 Å². The van der Waals surface area contributed by atoms with Crippen molar-refractivity contribution >= 4 is 23.5 Å². The molecule has 0 spiro atoms. The minimum Gasteiger partial charge on any atom is -0.497 e. The van der Waals surface area contributed by atoms with Crippen LogP contribution in [0.4, 0.5) is 5.95 Å². The highest BCUT2D eigenvalue weighted by atomic mass is 35.5. The van der Waals surface area contributed by atoms with Crippen LogP contribution < -0.4 is 9.64 Å². The first-order chi connectivity index (χ1) is 14.6. The van der Waals surface area contributed by atoms with Crippen LogP contribution in [0.2, 0.25) is 5.02 Å². The van der Waals surface area contributed by atoms with E-state index >= 15 is 0 Å². The van der Waals surface area contributed by atoms with Crippen molar-refractivity contribution in [2.75, 3.05) is 12.0 Å². The Morgan fingerprint density at radius 2 is 1.77 bits per heavy atom. The SMILES string of the molecule is CCCCC(=O)N1c2ncnn2[C@H](c2ccc(OC)cc2)C[C@@H]1c1ccc(Cl)cc1. The minimum absolute atomic E-state index is 0.0377. The number of nitrogens with zero attached hydrogens (tertiary/aromatic N) is 4. The van der Waals surface area contributed by atoms with Crippen molar-refractivity contribution in [3.8, 4) is 5.75 Å². The Bertz CT molecular complexity index is 1000. The number of hydrogen-bond acceptors (Lipinski definition) is 4. The molecule has 2 aromatic carbocycles. The first-order valence-corrected chi connectivity index (χ1v) is 10.6. The number of halogens is 1. The van der Waals surface area contributed by atoms with Crippen molar-refractivity contribution in [2.45, 2.75) is 44.7 Å². The average molecular weight is 425 g/mol. The number of amides is 1. The molecule has 0 fully saturated rings. The van der Waals surface area contributed by atoms with Gasteiger partial charge in [0, 0.05) is 11.4 Å². The summed E-state index contributed by atoms with van der Waals surface area (Å²) in [7, 11) is 1.65. The third-order valence-electron chi connectivity index (χ3n) is 5.59. The summed E-state index contributed by atoms with van der Waals surface area (Å²) in [5.74, 6) is 1.46. The van der Waals surface area contributed by atoms with Gasteiger partial charge in [-0.25, -0.2) is 4.68 Å². The lowest BCUT2D eigenvalue weighted by Gasteiger charge is -2.39. The summed E-state index contributed by atoms with van der Waals surface area (Å²) < 4.78 is 7.16. The Labute approximate surface area is 181 Å². The molecule has 0 aliphatic carbocycles. The van der Waals surface area contributed by atoms with Gasteiger partial charge in [0.2, 0.25) is 11.9 Å². The van der Waals surface area contributed by atoms with Gasteiger partial charge in [0.05, 0.1) is 19.2 Å². The maximum atomic E-state index is 13.2. The zero-order valence-corrected chi connectivity index (χ0v) is 17.9. The van der Waals surface area contributed by atoms with Gasteiger partial charge < -0.3 is 4.74 Å². The quantitative estimate of drug-likeness (QED) is 0.545. The van der Waals surface area contributed by atoms with Crippen LogP contribution in [0, 0.1) is 0 Å². The van der Waals surface area contributed by atoms with E-state index in [4.69, 9.17) is 16.3 Å². The second-order valence-corrected chi connectivity index (χ2v) is 7.90. The second-order valence-electron chi connectivity index (χ2n) is 7.46. The number of ether oxygens (including phenoxy) is 1. The van der Waals surface area contributed by atoms with Crippen molar-refractivity contribution in [3.05, 3.63) is 71.0 Å². The summed E-state index contributed by atoms with van der Waals surface area (Å²) in [6.07, 6.45) is 4.52. The standard InChI is InChI=1S/C23H25ClN4O2/c1-3-4-5-22(29)27-20(16-6-10-18(24)11-7-16)14-21(28-23(27)25-15-26-28)17-8-12-19(30-2)13-9-17/h6-13,15,20-21H,3-5,14H2,1-2H3/t20-,21+/m1/s1. The Kier molecular flexibility index (Phi) is 6.04. The maximum absolute atomic E-state index is 13.2. The molecule has 7 heteroatoms. The van der Waals surface area contributed by atoms with Crippen LogP contribution in [0.25, 0.3) is 0 Å². The zero-order valence-electron chi connectivity index (χ0n) is 17.2. The lowest BCUT2D eigenvalue weighted by molar-refractivity contribution is -0.119. The first-order valence-electron chi connectivity index (χ1n) is 10.2. The van der Waals surface area contributed by atoms with Crippen molar-refractivity contribution in [1.82, 2.24) is 14.8 Å². The van der Waals surface area contributed by atoms with Gasteiger partial charge in [-0.3, -0.25) is 9.69 Å². The van der Waals surface area contributed by atoms with Crippen LogP contribution >= 0.6 is 11.6 Å². The number of carbonyl (C=O) groups is 1. The predicted molar refractivity (Wildman–Crippen MR) is 117 cm³/mol. The molecule has 3 aromatic rings. The smallest absolute Gasteiger partial charge is 0.231 e. The van der Waals surface area contributed by atoms with E-state index < -0.39 is 0 Å². The predicted octanol–water partition coefficient (Wildman–Crippen LogP) is 5.20. The molecule has 2 heterocycles. The van der Waals surface area contributed by atoms with Gasteiger partial charge in [-0.1, -0.05) is 49.2 Å². The maximum Gasteiger partial charge on any atom is 0.231 e. The fourth-order valence-corrected chi connectivity index (χ4v) is 4.13. The number of aromatic nitrogens is 3. The molecule has 2 atom stereocenters. The molecule has 156 valence electrons. The molecule has 0 radical (unpaired) electrons. The molecule has 0 saturated carbocycles. The molecule has 1 amide bonds. The first kappa shape index (κ1) is 20.4. The number of benzene rings is 2. The van der Waals surface area contributed by atoms with Gasteiger partial charge in [-0.2, -0.15) is 10.1 Å². The highest BCUT2D eigenvalue weighted by molar-refractivity contribution is 6.30. The monoisotopic (exact) mass is 424 g/mol. The highest BCUT2D eigenvalue weighted by Crippen LogP contribution is 2.42. The third kappa shape index (κ3) is 3.92. The Hall–Kier alpha value is -2.86. The van der Waals surface area contributed by atoms with Crippen molar-refractivity contribution in [3.63, 3.8) is 0 Å². The summed E-state index contributed by atoms with van der Waals surface area (Å²) >= 11 is 6.12. The lowest BCUT2D eigenvalue weighted by Crippen LogP contribution is -2.42. The number of unbranched alkanes of at least 4 members (excludes halogenated alkanes) is 1. The van der Waals surface area contributed by atoms with E-state index in [1.54, 1.807) is 7.11 Å². The van der Waals surface area contributed by atoms with Gasteiger partial charge in [0.25, 0.3) is 0 Å². The van der Waals surface area contributed by atoms with Crippen LogP contribution in [-0.2, 0) is 4.79 Å². The van der Waals surface area contributed by atoms with Crippen LogP contribution in [0.3, 0.4) is 0 Å². The molecule has 6 nitrogen and oxygen atoms in total. The Morgan fingerprint density at radius 1 is 1.10 bits per heavy atom. The number of carbonyl (C=O) groups excluding carboxylic acids is 1. The number of hydrogen-bond donors (Lipinski definition) is 0. The number of rotatable bonds is 6. The van der Waals surface area contributed by atoms with Gasteiger partial charge in [0.1, 0.15) is 12.1 Å². The van der Waals surface area contributed by atoms with E-state index in [1.165, 1.54) is 6.33 Å². The van der Waals surface area contributed by atoms with Gasteiger partial charge in [-0.15, -0.1) is 0 Å². The summed E-state index contributed by atoms with van der Waals surface area (Å²) in [6, 6.07) is 15.5. The molecule has 30 heavy (non-hydrogen) atoms. The number of fused-ring (bicyclic) bond motifs is 1. The topological polar surface area (TPSA) is 60.2 Å². The fraction of sp³-hybridized carbons (Fsp3) is 0.348. The minimum atomic E-state index is -0.143. The molecule has 1 aromatic heterocycles. The van der Waals surface area contributed by atoms with E-state index in [2.05, 4.69) is 17.0 Å². The number of anilines is 1. The molecule has 0 unspecified atom stereocenters. The van der Waals surface area contributed by atoms with Crippen LogP contribution in [-0.4, -0.2) is 27.8 Å². The molecular formula is C23H25ClN4O2. The third-order valence-corrected chi connectivity index (χ3v) is 5.84. The number of methoxy groups -OCH3 is 1. The van der Waals surface area contributed by atoms with Gasteiger partial charge in [-0.05, 0) is 48.2 Å². The average Bonchev–Trinajstić information content (AvgIpc) is 3.26. The molecule has 0 N–H and O–H groups in total.